The Labute approximate surface area is 190 Å². The molecule has 0 saturated carbocycles. The summed E-state index contributed by atoms with van der Waals surface area (Å²) in [6.07, 6.45) is 1.36. The highest BCUT2D eigenvalue weighted by Crippen LogP contribution is 2.43. The van der Waals surface area contributed by atoms with Crippen molar-refractivity contribution in [1.82, 2.24) is 4.90 Å². The van der Waals surface area contributed by atoms with Gasteiger partial charge in [-0.1, -0.05) is 48.5 Å². The third kappa shape index (κ3) is 5.06. The quantitative estimate of drug-likeness (QED) is 0.631. The number of hydrogen-bond donors (Lipinski definition) is 0. The first kappa shape index (κ1) is 22.2. The normalized spacial score (nSPS) is 20.6. The largest absolute Gasteiger partial charge is 0.444 e. The maximum absolute atomic E-state index is 13.0. The standard InChI is InChI=1S/C26H32N2O4/c1-26(2,3)32-24(29)27-15-9-12-20(16-27)22-17-28(23-14-8-7-13-21(22)23)25(30)31-18-19-10-5-4-6-11-19/h4-8,10-11,13-14,20,22H,9,12,15-18H2,1-3H3/t20-,22+/m1/s1. The summed E-state index contributed by atoms with van der Waals surface area (Å²) in [6, 6.07) is 17.7. The fraction of sp³-hybridized carbons (Fsp3) is 0.462. The summed E-state index contributed by atoms with van der Waals surface area (Å²) in [5.41, 5.74) is 2.51. The molecule has 2 amide bonds. The summed E-state index contributed by atoms with van der Waals surface area (Å²) in [6.45, 7) is 7.83. The van der Waals surface area contributed by atoms with E-state index < -0.39 is 5.60 Å². The summed E-state index contributed by atoms with van der Waals surface area (Å²) in [4.78, 5) is 29.2. The molecule has 4 rings (SSSR count). The van der Waals surface area contributed by atoms with E-state index in [0.29, 0.717) is 19.6 Å². The molecular weight excluding hydrogens is 404 g/mol. The Kier molecular flexibility index (Phi) is 6.40. The van der Waals surface area contributed by atoms with Crippen LogP contribution in [-0.4, -0.2) is 42.3 Å². The minimum Gasteiger partial charge on any atom is -0.444 e. The van der Waals surface area contributed by atoms with Gasteiger partial charge in [0.1, 0.15) is 12.2 Å². The number of hydrogen-bond acceptors (Lipinski definition) is 4. The van der Waals surface area contributed by atoms with Gasteiger partial charge in [0.05, 0.1) is 5.69 Å². The first-order valence-corrected chi connectivity index (χ1v) is 11.4. The van der Waals surface area contributed by atoms with Crippen LogP contribution in [0.15, 0.2) is 54.6 Å². The first-order valence-electron chi connectivity index (χ1n) is 11.4. The fourth-order valence-electron chi connectivity index (χ4n) is 4.64. The van der Waals surface area contributed by atoms with Crippen LogP contribution >= 0.6 is 0 Å². The minimum atomic E-state index is -0.511. The molecule has 2 atom stereocenters. The zero-order chi connectivity index (χ0) is 22.7. The van der Waals surface area contributed by atoms with Gasteiger partial charge in [0.2, 0.25) is 0 Å². The van der Waals surface area contributed by atoms with Crippen LogP contribution in [-0.2, 0) is 16.1 Å². The molecule has 1 fully saturated rings. The molecule has 6 heteroatoms. The molecule has 2 aliphatic rings. The van der Waals surface area contributed by atoms with Crippen molar-refractivity contribution in [3.63, 3.8) is 0 Å². The highest BCUT2D eigenvalue weighted by molar-refractivity contribution is 5.91. The van der Waals surface area contributed by atoms with Crippen molar-refractivity contribution >= 4 is 17.9 Å². The van der Waals surface area contributed by atoms with E-state index in [1.165, 1.54) is 0 Å². The van der Waals surface area contributed by atoms with E-state index in [0.717, 1.165) is 29.7 Å². The van der Waals surface area contributed by atoms with Crippen LogP contribution < -0.4 is 4.90 Å². The summed E-state index contributed by atoms with van der Waals surface area (Å²) in [5, 5.41) is 0. The number of likely N-dealkylation sites (tertiary alicyclic amines) is 1. The van der Waals surface area contributed by atoms with Crippen molar-refractivity contribution in [2.75, 3.05) is 24.5 Å². The molecule has 0 bridgehead atoms. The molecule has 0 radical (unpaired) electrons. The number of amides is 2. The Morgan fingerprint density at radius 1 is 0.969 bits per heavy atom. The average molecular weight is 437 g/mol. The van der Waals surface area contributed by atoms with Gasteiger partial charge in [-0.05, 0) is 56.7 Å². The van der Waals surface area contributed by atoms with Crippen LogP contribution in [0.2, 0.25) is 0 Å². The number of benzene rings is 2. The third-order valence-electron chi connectivity index (χ3n) is 6.11. The minimum absolute atomic E-state index is 0.167. The Morgan fingerprint density at radius 3 is 2.44 bits per heavy atom. The van der Waals surface area contributed by atoms with Crippen LogP contribution in [0.4, 0.5) is 15.3 Å². The summed E-state index contributed by atoms with van der Waals surface area (Å²) < 4.78 is 11.2. The zero-order valence-corrected chi connectivity index (χ0v) is 19.1. The molecule has 32 heavy (non-hydrogen) atoms. The van der Waals surface area contributed by atoms with Crippen LogP contribution in [0.5, 0.6) is 0 Å². The average Bonchev–Trinajstić information content (AvgIpc) is 3.17. The van der Waals surface area contributed by atoms with Gasteiger partial charge in [-0.25, -0.2) is 9.59 Å². The topological polar surface area (TPSA) is 59.1 Å². The molecule has 170 valence electrons. The molecule has 0 aromatic heterocycles. The van der Waals surface area contributed by atoms with Crippen molar-refractivity contribution < 1.29 is 19.1 Å². The van der Waals surface area contributed by atoms with Gasteiger partial charge in [0.15, 0.2) is 0 Å². The highest BCUT2D eigenvalue weighted by atomic mass is 16.6. The summed E-state index contributed by atoms with van der Waals surface area (Å²) in [7, 11) is 0. The lowest BCUT2D eigenvalue weighted by Crippen LogP contribution is -2.44. The molecular formula is C26H32N2O4. The smallest absolute Gasteiger partial charge is 0.414 e. The number of fused-ring (bicyclic) bond motifs is 1. The van der Waals surface area contributed by atoms with E-state index in [1.54, 1.807) is 4.90 Å². The van der Waals surface area contributed by atoms with Crippen molar-refractivity contribution in [1.29, 1.82) is 0 Å². The van der Waals surface area contributed by atoms with Gasteiger partial charge >= 0.3 is 12.2 Å². The lowest BCUT2D eigenvalue weighted by atomic mass is 9.82. The highest BCUT2D eigenvalue weighted by Gasteiger charge is 2.40. The fourth-order valence-corrected chi connectivity index (χ4v) is 4.64. The number of anilines is 1. The van der Waals surface area contributed by atoms with Gasteiger partial charge in [-0.3, -0.25) is 4.90 Å². The van der Waals surface area contributed by atoms with Crippen molar-refractivity contribution in [2.24, 2.45) is 5.92 Å². The molecule has 0 unspecified atom stereocenters. The number of para-hydroxylation sites is 1. The van der Waals surface area contributed by atoms with Gasteiger partial charge in [-0.2, -0.15) is 0 Å². The third-order valence-corrected chi connectivity index (χ3v) is 6.11. The Balaban J connectivity index is 1.46. The van der Waals surface area contributed by atoms with E-state index in [9.17, 15) is 9.59 Å². The van der Waals surface area contributed by atoms with E-state index in [-0.39, 0.29) is 30.6 Å². The SMILES string of the molecule is CC(C)(C)OC(=O)N1CCC[C@@H]([C@@H]2CN(C(=O)OCc3ccccc3)c3ccccc32)C1. The van der Waals surface area contributed by atoms with Crippen LogP contribution in [0.3, 0.4) is 0 Å². The molecule has 1 saturated heterocycles. The predicted molar refractivity (Wildman–Crippen MR) is 124 cm³/mol. The predicted octanol–water partition coefficient (Wildman–Crippen LogP) is 5.57. The molecule has 2 aromatic rings. The van der Waals surface area contributed by atoms with Crippen molar-refractivity contribution in [2.45, 2.75) is 51.7 Å². The second-order valence-corrected chi connectivity index (χ2v) is 9.64. The zero-order valence-electron chi connectivity index (χ0n) is 19.1. The van der Waals surface area contributed by atoms with Gasteiger partial charge < -0.3 is 14.4 Å². The second kappa shape index (κ2) is 9.23. The van der Waals surface area contributed by atoms with Crippen molar-refractivity contribution in [3.8, 4) is 0 Å². The molecule has 0 N–H and O–H groups in total. The molecule has 2 heterocycles. The molecule has 0 spiro atoms. The number of carbonyl (C=O) groups is 2. The van der Waals surface area contributed by atoms with Crippen LogP contribution in [0.1, 0.15) is 50.7 Å². The maximum Gasteiger partial charge on any atom is 0.414 e. The Bertz CT molecular complexity index is 954. The van der Waals surface area contributed by atoms with Gasteiger partial charge in [0, 0.05) is 25.6 Å². The second-order valence-electron chi connectivity index (χ2n) is 9.64. The molecule has 6 nitrogen and oxygen atoms in total. The van der Waals surface area contributed by atoms with E-state index in [4.69, 9.17) is 9.47 Å². The summed E-state index contributed by atoms with van der Waals surface area (Å²) in [5.74, 6) is 0.435. The lowest BCUT2D eigenvalue weighted by molar-refractivity contribution is 0.0153. The molecule has 0 aliphatic carbocycles. The Hall–Kier alpha value is -3.02. The first-order chi connectivity index (χ1) is 15.3. The lowest BCUT2D eigenvalue weighted by Gasteiger charge is -2.36. The number of nitrogens with zero attached hydrogens (tertiary/aromatic N) is 2. The number of piperidine rings is 1. The Morgan fingerprint density at radius 2 is 1.69 bits per heavy atom. The van der Waals surface area contributed by atoms with E-state index >= 15 is 0 Å². The van der Waals surface area contributed by atoms with Crippen molar-refractivity contribution in [3.05, 3.63) is 65.7 Å². The van der Waals surface area contributed by atoms with E-state index in [1.807, 2.05) is 74.2 Å². The number of carbonyl (C=O) groups excluding carboxylic acids is 2. The maximum atomic E-state index is 13.0. The van der Waals surface area contributed by atoms with Gasteiger partial charge in [-0.15, -0.1) is 0 Å². The number of ether oxygens (including phenoxy) is 2. The van der Waals surface area contributed by atoms with Gasteiger partial charge in [0.25, 0.3) is 0 Å². The molecule has 2 aliphatic heterocycles. The van der Waals surface area contributed by atoms with Crippen LogP contribution in [0, 0.1) is 5.92 Å². The monoisotopic (exact) mass is 436 g/mol. The summed E-state index contributed by atoms with van der Waals surface area (Å²) >= 11 is 0. The van der Waals surface area contributed by atoms with Crippen LogP contribution in [0.25, 0.3) is 0 Å². The van der Waals surface area contributed by atoms with E-state index in [2.05, 4.69) is 6.07 Å². The molecule has 2 aromatic carbocycles. The number of rotatable bonds is 3.